The van der Waals surface area contributed by atoms with E-state index in [-0.39, 0.29) is 18.8 Å². The predicted octanol–water partition coefficient (Wildman–Crippen LogP) is -0.735. The summed E-state index contributed by atoms with van der Waals surface area (Å²) in [4.78, 5) is 4.52. The standard InChI is InChI=1S/C17H27N3O4/c1-23-13-5-3-2-4-12(13)19-6-8-20(9-7-19)16-14(10-18)24-15(11-21)17(16)22/h2-5,14-17,21-22H,6-11,18H2,1H3/t14-,15+,16+,17-/m1/s1. The molecule has 7 nitrogen and oxygen atoms in total. The summed E-state index contributed by atoms with van der Waals surface area (Å²) in [6.07, 6.45) is -1.49. The van der Waals surface area contributed by atoms with Crippen molar-refractivity contribution in [1.82, 2.24) is 4.90 Å². The van der Waals surface area contributed by atoms with Crippen molar-refractivity contribution in [1.29, 1.82) is 0 Å². The van der Waals surface area contributed by atoms with E-state index < -0.39 is 12.2 Å². The van der Waals surface area contributed by atoms with E-state index in [1.165, 1.54) is 0 Å². The lowest BCUT2D eigenvalue weighted by molar-refractivity contribution is -0.0193. The Labute approximate surface area is 142 Å². The van der Waals surface area contributed by atoms with Crippen molar-refractivity contribution >= 4 is 5.69 Å². The molecule has 2 heterocycles. The van der Waals surface area contributed by atoms with Crippen molar-refractivity contribution in [3.8, 4) is 5.75 Å². The molecule has 134 valence electrons. The molecule has 2 aliphatic rings. The Morgan fingerprint density at radius 1 is 1.21 bits per heavy atom. The highest BCUT2D eigenvalue weighted by molar-refractivity contribution is 5.58. The Morgan fingerprint density at radius 3 is 2.54 bits per heavy atom. The van der Waals surface area contributed by atoms with Crippen molar-refractivity contribution in [2.75, 3.05) is 51.3 Å². The minimum absolute atomic E-state index is 0.160. The second-order valence-corrected chi connectivity index (χ2v) is 6.31. The molecule has 7 heteroatoms. The van der Waals surface area contributed by atoms with Crippen LogP contribution >= 0.6 is 0 Å². The molecule has 2 fully saturated rings. The second-order valence-electron chi connectivity index (χ2n) is 6.31. The van der Waals surface area contributed by atoms with Gasteiger partial charge < -0.3 is 30.3 Å². The molecule has 0 amide bonds. The number of hydrogen-bond acceptors (Lipinski definition) is 7. The van der Waals surface area contributed by atoms with E-state index in [2.05, 4.69) is 15.9 Å². The maximum absolute atomic E-state index is 10.5. The lowest BCUT2D eigenvalue weighted by atomic mass is 10.0. The Morgan fingerprint density at radius 2 is 1.92 bits per heavy atom. The van der Waals surface area contributed by atoms with Crippen molar-refractivity contribution in [3.63, 3.8) is 0 Å². The SMILES string of the molecule is COc1ccccc1N1CCN([C@@H]2[C@H](O)[C@H](CO)O[C@@H]2CN)CC1. The lowest BCUT2D eigenvalue weighted by Gasteiger charge is -2.41. The molecule has 0 radical (unpaired) electrons. The van der Waals surface area contributed by atoms with Gasteiger partial charge in [0.25, 0.3) is 0 Å². The van der Waals surface area contributed by atoms with Crippen LogP contribution in [0.15, 0.2) is 24.3 Å². The maximum Gasteiger partial charge on any atom is 0.142 e. The molecule has 2 aliphatic heterocycles. The van der Waals surface area contributed by atoms with Crippen molar-refractivity contribution in [2.24, 2.45) is 5.73 Å². The van der Waals surface area contributed by atoms with Gasteiger partial charge in [0.15, 0.2) is 0 Å². The zero-order valence-electron chi connectivity index (χ0n) is 14.0. The van der Waals surface area contributed by atoms with E-state index in [9.17, 15) is 10.2 Å². The van der Waals surface area contributed by atoms with Crippen LogP contribution in [-0.4, -0.2) is 85.9 Å². The molecule has 2 saturated heterocycles. The molecular weight excluding hydrogens is 310 g/mol. The van der Waals surface area contributed by atoms with Crippen molar-refractivity contribution < 1.29 is 19.7 Å². The topological polar surface area (TPSA) is 91.4 Å². The number of piperazine rings is 1. The fourth-order valence-corrected chi connectivity index (χ4v) is 3.77. The minimum atomic E-state index is -0.707. The van der Waals surface area contributed by atoms with Gasteiger partial charge in [0.2, 0.25) is 0 Å². The smallest absolute Gasteiger partial charge is 0.142 e. The van der Waals surface area contributed by atoms with Crippen LogP contribution in [0.5, 0.6) is 5.75 Å². The molecule has 0 spiro atoms. The largest absolute Gasteiger partial charge is 0.495 e. The molecule has 0 aliphatic carbocycles. The van der Waals surface area contributed by atoms with Crippen molar-refractivity contribution in [3.05, 3.63) is 24.3 Å². The number of aliphatic hydroxyl groups excluding tert-OH is 2. The normalized spacial score (nSPS) is 31.4. The molecule has 1 aromatic rings. The number of nitrogens with two attached hydrogens (primary N) is 1. The van der Waals surface area contributed by atoms with E-state index in [1.807, 2.05) is 18.2 Å². The summed E-state index contributed by atoms with van der Waals surface area (Å²) in [5.74, 6) is 0.871. The van der Waals surface area contributed by atoms with Gasteiger partial charge in [0.1, 0.15) is 18.0 Å². The summed E-state index contributed by atoms with van der Waals surface area (Å²) in [5, 5.41) is 19.8. The third-order valence-electron chi connectivity index (χ3n) is 5.04. The zero-order valence-corrected chi connectivity index (χ0v) is 14.0. The van der Waals surface area contributed by atoms with Gasteiger partial charge in [0, 0.05) is 32.7 Å². The number of hydrogen-bond donors (Lipinski definition) is 3. The highest BCUT2D eigenvalue weighted by Gasteiger charge is 2.46. The van der Waals surface area contributed by atoms with Crippen LogP contribution in [0, 0.1) is 0 Å². The highest BCUT2D eigenvalue weighted by atomic mass is 16.5. The third kappa shape index (κ3) is 3.22. The number of nitrogens with zero attached hydrogens (tertiary/aromatic N) is 2. The summed E-state index contributed by atoms with van der Waals surface area (Å²) >= 11 is 0. The molecular formula is C17H27N3O4. The average molecular weight is 337 g/mol. The van der Waals surface area contributed by atoms with Crippen LogP contribution in [-0.2, 0) is 4.74 Å². The Hall–Kier alpha value is -1.38. The van der Waals surface area contributed by atoms with E-state index >= 15 is 0 Å². The Kier molecular flexibility index (Phi) is 5.57. The first-order valence-corrected chi connectivity index (χ1v) is 8.46. The number of rotatable bonds is 5. The molecule has 0 bridgehead atoms. The summed E-state index contributed by atoms with van der Waals surface area (Å²) in [7, 11) is 1.68. The first-order chi connectivity index (χ1) is 11.7. The molecule has 4 N–H and O–H groups in total. The summed E-state index contributed by atoms with van der Waals surface area (Å²) in [6.45, 7) is 3.44. The number of methoxy groups -OCH3 is 1. The lowest BCUT2D eigenvalue weighted by Crippen LogP contribution is -2.57. The molecule has 3 rings (SSSR count). The van der Waals surface area contributed by atoms with Crippen LogP contribution in [0.4, 0.5) is 5.69 Å². The van der Waals surface area contributed by atoms with Crippen molar-refractivity contribution in [2.45, 2.75) is 24.4 Å². The summed E-state index contributed by atoms with van der Waals surface area (Å²) in [5.41, 5.74) is 6.88. The number of aliphatic hydroxyl groups is 2. The van der Waals surface area contributed by atoms with Gasteiger partial charge >= 0.3 is 0 Å². The van der Waals surface area contributed by atoms with Crippen LogP contribution in [0.1, 0.15) is 0 Å². The minimum Gasteiger partial charge on any atom is -0.495 e. The maximum atomic E-state index is 10.5. The van der Waals surface area contributed by atoms with Crippen LogP contribution in [0.3, 0.4) is 0 Å². The predicted molar refractivity (Wildman–Crippen MR) is 91.4 cm³/mol. The number of para-hydroxylation sites is 2. The number of ether oxygens (including phenoxy) is 2. The van der Waals surface area contributed by atoms with Gasteiger partial charge in [-0.3, -0.25) is 4.90 Å². The highest BCUT2D eigenvalue weighted by Crippen LogP contribution is 2.30. The van der Waals surface area contributed by atoms with E-state index in [0.29, 0.717) is 6.54 Å². The molecule has 4 atom stereocenters. The summed E-state index contributed by atoms with van der Waals surface area (Å²) < 4.78 is 11.1. The van der Waals surface area contributed by atoms with Gasteiger partial charge in [-0.25, -0.2) is 0 Å². The van der Waals surface area contributed by atoms with E-state index in [1.54, 1.807) is 7.11 Å². The second kappa shape index (κ2) is 7.67. The third-order valence-corrected chi connectivity index (χ3v) is 5.04. The fraction of sp³-hybridized carbons (Fsp3) is 0.647. The van der Waals surface area contributed by atoms with Crippen LogP contribution in [0.25, 0.3) is 0 Å². The first-order valence-electron chi connectivity index (χ1n) is 8.46. The summed E-state index contributed by atoms with van der Waals surface area (Å²) in [6, 6.07) is 7.84. The molecule has 1 aromatic carbocycles. The van der Waals surface area contributed by atoms with E-state index in [4.69, 9.17) is 15.2 Å². The Bertz CT molecular complexity index is 534. The molecule has 0 aromatic heterocycles. The van der Waals surface area contributed by atoms with Crippen LogP contribution in [0.2, 0.25) is 0 Å². The van der Waals surface area contributed by atoms with Gasteiger partial charge in [-0.05, 0) is 12.1 Å². The van der Waals surface area contributed by atoms with Gasteiger partial charge in [0.05, 0.1) is 31.5 Å². The molecule has 24 heavy (non-hydrogen) atoms. The average Bonchev–Trinajstić information content (AvgIpc) is 2.97. The van der Waals surface area contributed by atoms with E-state index in [0.717, 1.165) is 37.6 Å². The number of benzene rings is 1. The Balaban J connectivity index is 1.66. The monoisotopic (exact) mass is 337 g/mol. The quantitative estimate of drug-likeness (QED) is 0.652. The zero-order chi connectivity index (χ0) is 17.1. The van der Waals surface area contributed by atoms with Gasteiger partial charge in [-0.15, -0.1) is 0 Å². The fourth-order valence-electron chi connectivity index (χ4n) is 3.77. The van der Waals surface area contributed by atoms with Gasteiger partial charge in [-0.1, -0.05) is 12.1 Å². The number of anilines is 1. The first kappa shape index (κ1) is 17.4. The molecule has 0 saturated carbocycles. The van der Waals surface area contributed by atoms with Crippen LogP contribution < -0.4 is 15.4 Å². The molecule has 0 unspecified atom stereocenters. The van der Waals surface area contributed by atoms with Gasteiger partial charge in [-0.2, -0.15) is 0 Å².